The Balaban J connectivity index is 1.32. The standard InChI is InChI=1S/C19H26O4/c20-16(10-12-21-14-15-5-2-1-3-6-15)13-17-8-9-18-19(23-17)7-4-11-22-18/h1-3,5-6,17-19H,4,7-14H2/t17-,18+,19-/m1/s1. The van der Waals surface area contributed by atoms with Crippen molar-refractivity contribution in [3.05, 3.63) is 35.9 Å². The van der Waals surface area contributed by atoms with Gasteiger partial charge in [-0.3, -0.25) is 4.79 Å². The van der Waals surface area contributed by atoms with E-state index in [1.165, 1.54) is 0 Å². The van der Waals surface area contributed by atoms with Gasteiger partial charge in [-0.25, -0.2) is 0 Å². The summed E-state index contributed by atoms with van der Waals surface area (Å²) >= 11 is 0. The van der Waals surface area contributed by atoms with Crippen molar-refractivity contribution in [1.29, 1.82) is 0 Å². The lowest BCUT2D eigenvalue weighted by Crippen LogP contribution is -2.43. The van der Waals surface area contributed by atoms with Gasteiger partial charge in [-0.1, -0.05) is 30.3 Å². The number of hydrogen-bond acceptors (Lipinski definition) is 4. The fourth-order valence-electron chi connectivity index (χ4n) is 3.36. The molecule has 23 heavy (non-hydrogen) atoms. The molecule has 0 saturated carbocycles. The van der Waals surface area contributed by atoms with Crippen LogP contribution < -0.4 is 0 Å². The van der Waals surface area contributed by atoms with Crippen molar-refractivity contribution in [2.75, 3.05) is 13.2 Å². The van der Waals surface area contributed by atoms with E-state index in [0.29, 0.717) is 26.1 Å². The molecule has 2 saturated heterocycles. The number of ketones is 1. The third kappa shape index (κ3) is 5.13. The molecular formula is C19H26O4. The molecule has 1 aromatic rings. The summed E-state index contributed by atoms with van der Waals surface area (Å²) in [5, 5.41) is 0. The van der Waals surface area contributed by atoms with Gasteiger partial charge in [-0.05, 0) is 31.2 Å². The number of rotatable bonds is 7. The maximum Gasteiger partial charge on any atom is 0.137 e. The maximum absolute atomic E-state index is 12.1. The first-order valence-corrected chi connectivity index (χ1v) is 8.71. The lowest BCUT2D eigenvalue weighted by atomic mass is 9.93. The van der Waals surface area contributed by atoms with Crippen molar-refractivity contribution in [1.82, 2.24) is 0 Å². The monoisotopic (exact) mass is 318 g/mol. The number of benzene rings is 1. The lowest BCUT2D eigenvalue weighted by molar-refractivity contribution is -0.167. The molecule has 2 aliphatic heterocycles. The molecule has 4 nitrogen and oxygen atoms in total. The summed E-state index contributed by atoms with van der Waals surface area (Å²) in [7, 11) is 0. The molecule has 0 radical (unpaired) electrons. The number of ether oxygens (including phenoxy) is 3. The Labute approximate surface area is 138 Å². The molecule has 4 heteroatoms. The van der Waals surface area contributed by atoms with Crippen LogP contribution in [0.25, 0.3) is 0 Å². The Kier molecular flexibility index (Phi) is 6.20. The van der Waals surface area contributed by atoms with Crippen LogP contribution in [0, 0.1) is 0 Å². The molecule has 1 aromatic carbocycles. The second-order valence-corrected chi connectivity index (χ2v) is 6.46. The van der Waals surface area contributed by atoms with E-state index in [1.807, 2.05) is 30.3 Å². The van der Waals surface area contributed by atoms with E-state index in [9.17, 15) is 4.79 Å². The van der Waals surface area contributed by atoms with Crippen LogP contribution in [0.4, 0.5) is 0 Å². The molecule has 3 rings (SSSR count). The van der Waals surface area contributed by atoms with Crippen molar-refractivity contribution < 1.29 is 19.0 Å². The molecule has 0 bridgehead atoms. The van der Waals surface area contributed by atoms with Crippen molar-refractivity contribution in [3.8, 4) is 0 Å². The molecule has 0 aliphatic carbocycles. The zero-order valence-corrected chi connectivity index (χ0v) is 13.6. The largest absolute Gasteiger partial charge is 0.376 e. The van der Waals surface area contributed by atoms with Gasteiger partial charge in [-0.2, -0.15) is 0 Å². The van der Waals surface area contributed by atoms with Gasteiger partial charge >= 0.3 is 0 Å². The van der Waals surface area contributed by atoms with Gasteiger partial charge in [-0.15, -0.1) is 0 Å². The van der Waals surface area contributed by atoms with Gasteiger partial charge in [0.25, 0.3) is 0 Å². The summed E-state index contributed by atoms with van der Waals surface area (Å²) in [5.41, 5.74) is 1.14. The normalized spacial score (nSPS) is 27.4. The van der Waals surface area contributed by atoms with Crippen LogP contribution in [-0.2, 0) is 25.6 Å². The zero-order chi connectivity index (χ0) is 15.9. The molecule has 126 valence electrons. The van der Waals surface area contributed by atoms with E-state index >= 15 is 0 Å². The van der Waals surface area contributed by atoms with Crippen LogP contribution in [0.2, 0.25) is 0 Å². The molecule has 0 spiro atoms. The second kappa shape index (κ2) is 8.57. The Morgan fingerprint density at radius 1 is 1.13 bits per heavy atom. The molecule has 2 fully saturated rings. The summed E-state index contributed by atoms with van der Waals surface area (Å²) in [6.07, 6.45) is 5.58. The highest BCUT2D eigenvalue weighted by Crippen LogP contribution is 2.29. The van der Waals surface area contributed by atoms with Gasteiger partial charge in [0.05, 0.1) is 31.5 Å². The van der Waals surface area contributed by atoms with Gasteiger partial charge in [0.1, 0.15) is 5.78 Å². The van der Waals surface area contributed by atoms with Crippen LogP contribution in [0.3, 0.4) is 0 Å². The summed E-state index contributed by atoms with van der Waals surface area (Å²) in [6, 6.07) is 10.0. The SMILES string of the molecule is O=C(CCOCc1ccccc1)C[C@H]1CC[C@@H]2OCCC[C@H]2O1. The van der Waals surface area contributed by atoms with Gasteiger partial charge in [0.2, 0.25) is 0 Å². The average Bonchev–Trinajstić information content (AvgIpc) is 2.59. The summed E-state index contributed by atoms with van der Waals surface area (Å²) in [5.74, 6) is 0.234. The minimum absolute atomic E-state index is 0.0690. The number of hydrogen-bond donors (Lipinski definition) is 0. The first-order chi connectivity index (χ1) is 11.3. The summed E-state index contributed by atoms with van der Waals surface area (Å²) < 4.78 is 17.4. The van der Waals surface area contributed by atoms with Crippen LogP contribution in [0.15, 0.2) is 30.3 Å². The van der Waals surface area contributed by atoms with Crippen molar-refractivity contribution in [3.63, 3.8) is 0 Å². The molecular weight excluding hydrogens is 292 g/mol. The molecule has 2 heterocycles. The topological polar surface area (TPSA) is 44.8 Å². The molecule has 0 unspecified atom stereocenters. The van der Waals surface area contributed by atoms with Crippen LogP contribution in [-0.4, -0.2) is 37.3 Å². The highest BCUT2D eigenvalue weighted by molar-refractivity contribution is 5.79. The minimum atomic E-state index is 0.0690. The number of fused-ring (bicyclic) bond motifs is 1. The van der Waals surface area contributed by atoms with Crippen molar-refractivity contribution >= 4 is 5.78 Å². The summed E-state index contributed by atoms with van der Waals surface area (Å²) in [4.78, 5) is 12.1. The first-order valence-electron chi connectivity index (χ1n) is 8.71. The Morgan fingerprint density at radius 2 is 2.00 bits per heavy atom. The van der Waals surface area contributed by atoms with E-state index in [0.717, 1.165) is 37.9 Å². The van der Waals surface area contributed by atoms with Crippen LogP contribution in [0.1, 0.15) is 44.1 Å². The lowest BCUT2D eigenvalue weighted by Gasteiger charge is -2.39. The molecule has 0 N–H and O–H groups in total. The molecule has 0 aromatic heterocycles. The predicted molar refractivity (Wildman–Crippen MR) is 87.2 cm³/mol. The van der Waals surface area contributed by atoms with E-state index < -0.39 is 0 Å². The van der Waals surface area contributed by atoms with Crippen molar-refractivity contribution in [2.45, 2.75) is 63.4 Å². The van der Waals surface area contributed by atoms with Gasteiger partial charge < -0.3 is 14.2 Å². The Morgan fingerprint density at radius 3 is 2.87 bits per heavy atom. The zero-order valence-electron chi connectivity index (χ0n) is 13.6. The number of carbonyl (C=O) groups excluding carboxylic acids is 1. The molecule has 3 atom stereocenters. The molecule has 0 amide bonds. The quantitative estimate of drug-likeness (QED) is 0.724. The second-order valence-electron chi connectivity index (χ2n) is 6.46. The fraction of sp³-hybridized carbons (Fsp3) is 0.632. The fourth-order valence-corrected chi connectivity index (χ4v) is 3.36. The first kappa shape index (κ1) is 16.6. The Bertz CT molecular complexity index is 487. The maximum atomic E-state index is 12.1. The third-order valence-corrected chi connectivity index (χ3v) is 4.61. The third-order valence-electron chi connectivity index (χ3n) is 4.61. The predicted octanol–water partition coefficient (Wildman–Crippen LogP) is 3.28. The van der Waals surface area contributed by atoms with E-state index in [2.05, 4.69) is 0 Å². The highest BCUT2D eigenvalue weighted by Gasteiger charge is 2.34. The highest BCUT2D eigenvalue weighted by atomic mass is 16.6. The smallest absolute Gasteiger partial charge is 0.137 e. The van der Waals surface area contributed by atoms with E-state index in [4.69, 9.17) is 14.2 Å². The summed E-state index contributed by atoms with van der Waals surface area (Å²) in [6.45, 7) is 1.90. The Hall–Kier alpha value is -1.23. The van der Waals surface area contributed by atoms with E-state index in [-0.39, 0.29) is 24.1 Å². The van der Waals surface area contributed by atoms with Gasteiger partial charge in [0.15, 0.2) is 0 Å². The van der Waals surface area contributed by atoms with E-state index in [1.54, 1.807) is 0 Å². The van der Waals surface area contributed by atoms with Crippen LogP contribution >= 0.6 is 0 Å². The molecule has 2 aliphatic rings. The van der Waals surface area contributed by atoms with Crippen LogP contribution in [0.5, 0.6) is 0 Å². The average molecular weight is 318 g/mol. The number of carbonyl (C=O) groups is 1. The van der Waals surface area contributed by atoms with Crippen molar-refractivity contribution in [2.24, 2.45) is 0 Å². The minimum Gasteiger partial charge on any atom is -0.376 e. The number of Topliss-reactive ketones (excluding diaryl/α,β-unsaturated/α-hetero) is 1. The van der Waals surface area contributed by atoms with Gasteiger partial charge in [0, 0.05) is 19.4 Å².